The molecule has 0 aromatic heterocycles. The Labute approximate surface area is 227 Å². The van der Waals surface area contributed by atoms with Crippen LogP contribution in [0.1, 0.15) is 125 Å². The summed E-state index contributed by atoms with van der Waals surface area (Å²) in [5.74, 6) is 5.79. The third kappa shape index (κ3) is 5.72. The van der Waals surface area contributed by atoms with Crippen molar-refractivity contribution in [3.8, 4) is 0 Å². The molecule has 0 aromatic rings. The van der Waals surface area contributed by atoms with E-state index in [1.165, 1.54) is 51.4 Å². The van der Waals surface area contributed by atoms with Crippen LogP contribution in [0.2, 0.25) is 0 Å². The van der Waals surface area contributed by atoms with E-state index in [1.807, 2.05) is 0 Å². The Bertz CT molecular complexity index is 857. The van der Waals surface area contributed by atoms with Crippen LogP contribution in [0.4, 0.5) is 0 Å². The first-order valence-corrected chi connectivity index (χ1v) is 15.7. The Morgan fingerprint density at radius 2 is 1.84 bits per heavy atom. The van der Waals surface area contributed by atoms with E-state index in [-0.39, 0.29) is 29.7 Å². The number of allylic oxidation sites excluding steroid dienone is 2. The van der Waals surface area contributed by atoms with Gasteiger partial charge in [-0.2, -0.15) is 0 Å². The van der Waals surface area contributed by atoms with E-state index in [2.05, 4.69) is 54.2 Å². The zero-order valence-corrected chi connectivity index (χ0v) is 24.9. The van der Waals surface area contributed by atoms with Crippen molar-refractivity contribution in [3.63, 3.8) is 0 Å². The Morgan fingerprint density at radius 1 is 1.08 bits per heavy atom. The van der Waals surface area contributed by atoms with Crippen molar-refractivity contribution >= 4 is 5.97 Å². The minimum absolute atomic E-state index is 0.00122. The first-order chi connectivity index (χ1) is 17.5. The predicted octanol–water partition coefficient (Wildman–Crippen LogP) is 9.43. The highest BCUT2D eigenvalue weighted by Gasteiger charge is 2.59. The Morgan fingerprint density at radius 3 is 2.51 bits per heavy atom. The summed E-state index contributed by atoms with van der Waals surface area (Å²) in [7, 11) is 0. The van der Waals surface area contributed by atoms with E-state index >= 15 is 0 Å². The van der Waals surface area contributed by atoms with Crippen molar-refractivity contribution in [3.05, 3.63) is 24.0 Å². The van der Waals surface area contributed by atoms with Crippen molar-refractivity contribution in [2.75, 3.05) is 0 Å². The maximum atomic E-state index is 12.3. The molecule has 4 aliphatic carbocycles. The van der Waals surface area contributed by atoms with E-state index in [0.717, 1.165) is 60.7 Å². The summed E-state index contributed by atoms with van der Waals surface area (Å²) in [5.41, 5.74) is 2.36. The molecule has 1 N–H and O–H groups in total. The van der Waals surface area contributed by atoms with Gasteiger partial charge in [-0.05, 0) is 104 Å². The fourth-order valence-corrected chi connectivity index (χ4v) is 9.88. The normalized spacial score (nSPS) is 38.7. The second-order valence-electron chi connectivity index (χ2n) is 14.4. The van der Waals surface area contributed by atoms with Gasteiger partial charge in [-0.15, -0.1) is 0 Å². The van der Waals surface area contributed by atoms with Crippen LogP contribution in [0.5, 0.6) is 0 Å². The topological polar surface area (TPSA) is 46.5 Å². The molecule has 0 amide bonds. The van der Waals surface area contributed by atoms with Gasteiger partial charge in [0.2, 0.25) is 0 Å². The van der Waals surface area contributed by atoms with Crippen LogP contribution in [-0.4, -0.2) is 17.2 Å². The maximum Gasteiger partial charge on any atom is 0.306 e. The number of carbonyl (C=O) groups is 1. The number of rotatable bonds is 10. The lowest BCUT2D eigenvalue weighted by molar-refractivity contribution is -0.151. The Kier molecular flexibility index (Phi) is 8.91. The van der Waals surface area contributed by atoms with E-state index < -0.39 is 0 Å². The molecule has 3 heteroatoms. The number of hydrogen-bond acceptors (Lipinski definition) is 3. The van der Waals surface area contributed by atoms with Crippen molar-refractivity contribution in [1.82, 2.24) is 0 Å². The molecule has 210 valence electrons. The molecule has 0 radical (unpaired) electrons. The van der Waals surface area contributed by atoms with Gasteiger partial charge in [-0.3, -0.25) is 4.79 Å². The van der Waals surface area contributed by atoms with Crippen molar-refractivity contribution in [2.24, 2.45) is 52.3 Å². The number of esters is 1. The number of hydrogen-bond donors (Lipinski definition) is 1. The molecule has 0 bridgehead atoms. The molecule has 3 saturated carbocycles. The molecule has 37 heavy (non-hydrogen) atoms. The first kappa shape index (κ1) is 28.8. The van der Waals surface area contributed by atoms with Crippen LogP contribution in [0.15, 0.2) is 24.0 Å². The van der Waals surface area contributed by atoms with Crippen LogP contribution in [0.3, 0.4) is 0 Å². The van der Waals surface area contributed by atoms with Crippen LogP contribution < -0.4 is 0 Å². The molecule has 3 nitrogen and oxygen atoms in total. The van der Waals surface area contributed by atoms with Gasteiger partial charge in [0.15, 0.2) is 0 Å². The third-order valence-corrected chi connectivity index (χ3v) is 12.2. The van der Waals surface area contributed by atoms with Gasteiger partial charge in [0, 0.05) is 12.8 Å². The summed E-state index contributed by atoms with van der Waals surface area (Å²) in [6.07, 6.45) is 17.1. The van der Waals surface area contributed by atoms with Gasteiger partial charge < -0.3 is 9.84 Å². The molecular formula is C34H56O3. The number of carbonyl (C=O) groups excluding carboxylic acids is 1. The highest BCUT2D eigenvalue weighted by molar-refractivity contribution is 5.69. The zero-order chi connectivity index (χ0) is 27.0. The molecular weight excluding hydrogens is 456 g/mol. The molecule has 0 heterocycles. The molecule has 4 rings (SSSR count). The minimum Gasteiger partial charge on any atom is -0.513 e. The molecule has 3 fully saturated rings. The number of aliphatic hydroxyl groups excluding tert-OH is 1. The number of ether oxygens (including phenoxy) is 1. The van der Waals surface area contributed by atoms with Gasteiger partial charge in [0.25, 0.3) is 0 Å². The standard InChI is InChI=1S/C34H56O3/c1-8-25(22(2)3)11-9-23(4)29-14-15-30-28-13-12-26-21-27(37-32(36)16-10-24(5)35)17-19-33(26,6)31(28)18-20-34(29,30)7/h12,22-23,25,27-31,35H,5,8-11,13-21H2,1-4,6-7H3/t23-,25-,27+,28+,29-,30+,31?,33+,34-/m1/s1. The van der Waals surface area contributed by atoms with E-state index in [4.69, 9.17) is 4.74 Å². The van der Waals surface area contributed by atoms with Crippen LogP contribution in [0, 0.1) is 52.3 Å². The molecule has 4 aliphatic rings. The molecule has 9 atom stereocenters. The van der Waals surface area contributed by atoms with Gasteiger partial charge in [0.05, 0.1) is 12.2 Å². The van der Waals surface area contributed by atoms with Crippen LogP contribution in [0.25, 0.3) is 0 Å². The van der Waals surface area contributed by atoms with Gasteiger partial charge in [-0.25, -0.2) is 0 Å². The average molecular weight is 513 g/mol. The van der Waals surface area contributed by atoms with Crippen molar-refractivity contribution in [1.29, 1.82) is 0 Å². The van der Waals surface area contributed by atoms with Gasteiger partial charge in [0.1, 0.15) is 6.10 Å². The average Bonchev–Trinajstić information content (AvgIpc) is 3.20. The lowest BCUT2D eigenvalue weighted by Crippen LogP contribution is -2.51. The van der Waals surface area contributed by atoms with E-state index in [9.17, 15) is 9.90 Å². The second kappa shape index (κ2) is 11.5. The lowest BCUT2D eigenvalue weighted by atomic mass is 9.47. The summed E-state index contributed by atoms with van der Waals surface area (Å²) in [5, 5.41) is 9.30. The largest absolute Gasteiger partial charge is 0.513 e. The first-order valence-electron chi connectivity index (χ1n) is 15.7. The van der Waals surface area contributed by atoms with Gasteiger partial charge in [-0.1, -0.05) is 72.6 Å². The smallest absolute Gasteiger partial charge is 0.306 e. The summed E-state index contributed by atoms with van der Waals surface area (Å²) < 4.78 is 5.83. The summed E-state index contributed by atoms with van der Waals surface area (Å²) >= 11 is 0. The SMILES string of the molecule is C=C(O)CCC(=O)O[C@H]1CC[C@@]2(C)C(=CC[C@@H]3C2CC[C@]2(C)[C@@H]([C@H](C)CC[C@@H](CC)C(C)C)CC[C@@H]32)C1. The maximum absolute atomic E-state index is 12.3. The molecule has 1 unspecified atom stereocenters. The quantitative estimate of drug-likeness (QED) is 0.180. The van der Waals surface area contributed by atoms with E-state index in [1.54, 1.807) is 5.57 Å². The fraction of sp³-hybridized carbons (Fsp3) is 0.853. The molecule has 0 aromatic carbocycles. The molecule has 0 aliphatic heterocycles. The summed E-state index contributed by atoms with van der Waals surface area (Å²) in [6.45, 7) is 18.5. The minimum atomic E-state index is -0.198. The summed E-state index contributed by atoms with van der Waals surface area (Å²) in [6, 6.07) is 0. The monoisotopic (exact) mass is 512 g/mol. The number of aliphatic hydroxyl groups is 1. The van der Waals surface area contributed by atoms with Crippen molar-refractivity contribution < 1.29 is 14.6 Å². The Balaban J connectivity index is 1.40. The van der Waals surface area contributed by atoms with Crippen LogP contribution in [-0.2, 0) is 9.53 Å². The fourth-order valence-electron chi connectivity index (χ4n) is 9.88. The predicted molar refractivity (Wildman–Crippen MR) is 153 cm³/mol. The van der Waals surface area contributed by atoms with Gasteiger partial charge >= 0.3 is 5.97 Å². The summed E-state index contributed by atoms with van der Waals surface area (Å²) in [4.78, 5) is 12.3. The second-order valence-corrected chi connectivity index (χ2v) is 14.4. The third-order valence-electron chi connectivity index (χ3n) is 12.2. The highest BCUT2D eigenvalue weighted by atomic mass is 16.5. The Hall–Kier alpha value is -1.25. The van der Waals surface area contributed by atoms with Crippen molar-refractivity contribution in [2.45, 2.75) is 131 Å². The molecule has 0 spiro atoms. The van der Waals surface area contributed by atoms with Crippen LogP contribution >= 0.6 is 0 Å². The zero-order valence-electron chi connectivity index (χ0n) is 24.9. The highest BCUT2D eigenvalue weighted by Crippen LogP contribution is 2.67. The lowest BCUT2D eigenvalue weighted by Gasteiger charge is -2.58. The number of fused-ring (bicyclic) bond motifs is 5. The molecule has 0 saturated heterocycles. The van der Waals surface area contributed by atoms with E-state index in [0.29, 0.717) is 11.8 Å².